The molecule has 3 heteroatoms. The van der Waals surface area contributed by atoms with Crippen LogP contribution in [0.15, 0.2) is 45.6 Å². The Morgan fingerprint density at radius 1 is 1.06 bits per heavy atom. The van der Waals surface area contributed by atoms with Crippen LogP contribution in [-0.4, -0.2) is 0 Å². The first kappa shape index (κ1) is 10.0. The standard InChI is InChI=1S/C14H9FO2/c1-8-6-10-9-4-2-3-5-13(9)17-14(16)11(10)7-12(8)15/h2-7H,1H3. The van der Waals surface area contributed by atoms with Crippen LogP contribution in [0.25, 0.3) is 21.7 Å². The van der Waals surface area contributed by atoms with E-state index in [4.69, 9.17) is 4.42 Å². The van der Waals surface area contributed by atoms with Gasteiger partial charge in [-0.1, -0.05) is 18.2 Å². The van der Waals surface area contributed by atoms with Gasteiger partial charge in [-0.2, -0.15) is 0 Å². The number of hydrogen-bond acceptors (Lipinski definition) is 2. The monoisotopic (exact) mass is 228 g/mol. The van der Waals surface area contributed by atoms with Crippen molar-refractivity contribution in [3.8, 4) is 0 Å². The first-order valence-corrected chi connectivity index (χ1v) is 5.28. The molecule has 0 unspecified atom stereocenters. The van der Waals surface area contributed by atoms with Gasteiger partial charge in [0.2, 0.25) is 0 Å². The minimum atomic E-state index is -0.502. The Morgan fingerprint density at radius 2 is 1.82 bits per heavy atom. The summed E-state index contributed by atoms with van der Waals surface area (Å²) in [6.45, 7) is 1.68. The van der Waals surface area contributed by atoms with E-state index < -0.39 is 5.63 Å². The number of aryl methyl sites for hydroxylation is 1. The van der Waals surface area contributed by atoms with Crippen LogP contribution in [0.1, 0.15) is 5.56 Å². The van der Waals surface area contributed by atoms with Crippen molar-refractivity contribution < 1.29 is 8.81 Å². The van der Waals surface area contributed by atoms with E-state index in [2.05, 4.69) is 0 Å². The fourth-order valence-corrected chi connectivity index (χ4v) is 2.01. The van der Waals surface area contributed by atoms with Gasteiger partial charge in [-0.3, -0.25) is 0 Å². The Morgan fingerprint density at radius 3 is 2.65 bits per heavy atom. The van der Waals surface area contributed by atoms with Crippen LogP contribution < -0.4 is 5.63 Å². The van der Waals surface area contributed by atoms with E-state index in [1.54, 1.807) is 25.1 Å². The summed E-state index contributed by atoms with van der Waals surface area (Å²) in [7, 11) is 0. The first-order valence-electron chi connectivity index (χ1n) is 5.28. The van der Waals surface area contributed by atoms with E-state index in [1.807, 2.05) is 12.1 Å². The van der Waals surface area contributed by atoms with Crippen LogP contribution in [0.2, 0.25) is 0 Å². The molecule has 3 rings (SSSR count). The average molecular weight is 228 g/mol. The van der Waals surface area contributed by atoms with Crippen LogP contribution in [0, 0.1) is 12.7 Å². The summed E-state index contributed by atoms with van der Waals surface area (Å²) in [5, 5.41) is 1.84. The lowest BCUT2D eigenvalue weighted by atomic mass is 10.0. The molecule has 0 aliphatic rings. The molecule has 1 aromatic heterocycles. The van der Waals surface area contributed by atoms with Crippen molar-refractivity contribution in [1.82, 2.24) is 0 Å². The quantitative estimate of drug-likeness (QED) is 0.436. The average Bonchev–Trinajstić information content (AvgIpc) is 2.32. The molecule has 0 aliphatic heterocycles. The van der Waals surface area contributed by atoms with E-state index in [0.717, 1.165) is 10.8 Å². The van der Waals surface area contributed by atoms with Gasteiger partial charge in [0.15, 0.2) is 0 Å². The van der Waals surface area contributed by atoms with Crippen LogP contribution >= 0.6 is 0 Å². The minimum absolute atomic E-state index is 0.284. The van der Waals surface area contributed by atoms with Gasteiger partial charge < -0.3 is 4.42 Å². The van der Waals surface area contributed by atoms with E-state index in [-0.39, 0.29) is 11.2 Å². The SMILES string of the molecule is Cc1cc2c(cc1F)c(=O)oc1ccccc12. The second-order valence-corrected chi connectivity index (χ2v) is 4.03. The van der Waals surface area contributed by atoms with Crippen LogP contribution in [0.4, 0.5) is 4.39 Å². The molecule has 0 saturated heterocycles. The Hall–Kier alpha value is -2.16. The molecule has 0 amide bonds. The maximum atomic E-state index is 13.4. The topological polar surface area (TPSA) is 30.2 Å². The zero-order valence-electron chi connectivity index (χ0n) is 9.16. The van der Waals surface area contributed by atoms with Gasteiger partial charge in [0.05, 0.1) is 5.39 Å². The summed E-state index contributed by atoms with van der Waals surface area (Å²) in [4.78, 5) is 11.7. The Bertz CT molecular complexity index is 787. The molecule has 3 aromatic rings. The Balaban J connectivity index is 2.65. The van der Waals surface area contributed by atoms with Gasteiger partial charge in [0.1, 0.15) is 11.4 Å². The van der Waals surface area contributed by atoms with Gasteiger partial charge in [-0.05, 0) is 30.7 Å². The van der Waals surface area contributed by atoms with Crippen molar-refractivity contribution in [3.63, 3.8) is 0 Å². The smallest absolute Gasteiger partial charge is 0.344 e. The van der Waals surface area contributed by atoms with Crippen LogP contribution in [0.5, 0.6) is 0 Å². The fraction of sp³-hybridized carbons (Fsp3) is 0.0714. The van der Waals surface area contributed by atoms with Gasteiger partial charge in [-0.15, -0.1) is 0 Å². The first-order chi connectivity index (χ1) is 8.16. The van der Waals surface area contributed by atoms with Crippen molar-refractivity contribution >= 4 is 21.7 Å². The molecule has 0 saturated carbocycles. The van der Waals surface area contributed by atoms with Crippen molar-refractivity contribution in [2.24, 2.45) is 0 Å². The minimum Gasteiger partial charge on any atom is -0.422 e. The highest BCUT2D eigenvalue weighted by atomic mass is 19.1. The Kier molecular flexibility index (Phi) is 2.01. The fourth-order valence-electron chi connectivity index (χ4n) is 2.01. The second kappa shape index (κ2) is 3.42. The molecule has 17 heavy (non-hydrogen) atoms. The summed E-state index contributed by atoms with van der Waals surface area (Å²) in [5.41, 5.74) is 0.543. The molecule has 0 atom stereocenters. The molecular formula is C14H9FO2. The van der Waals surface area contributed by atoms with Gasteiger partial charge >= 0.3 is 5.63 Å². The van der Waals surface area contributed by atoms with Crippen molar-refractivity contribution in [3.05, 3.63) is 58.2 Å². The van der Waals surface area contributed by atoms with Gasteiger partial charge in [0, 0.05) is 10.8 Å². The lowest BCUT2D eigenvalue weighted by Crippen LogP contribution is -2.01. The van der Waals surface area contributed by atoms with E-state index >= 15 is 0 Å². The second-order valence-electron chi connectivity index (χ2n) is 4.03. The molecule has 2 nitrogen and oxygen atoms in total. The number of hydrogen-bond donors (Lipinski definition) is 0. The third-order valence-corrected chi connectivity index (χ3v) is 2.90. The van der Waals surface area contributed by atoms with E-state index in [1.165, 1.54) is 6.07 Å². The maximum absolute atomic E-state index is 13.4. The molecule has 0 bridgehead atoms. The normalized spacial score (nSPS) is 11.2. The highest BCUT2D eigenvalue weighted by molar-refractivity contribution is 6.04. The Labute approximate surface area is 96.3 Å². The lowest BCUT2D eigenvalue weighted by molar-refractivity contribution is 0.568. The molecule has 2 aromatic carbocycles. The third kappa shape index (κ3) is 1.43. The van der Waals surface area contributed by atoms with Crippen molar-refractivity contribution in [2.75, 3.05) is 0 Å². The zero-order chi connectivity index (χ0) is 12.0. The molecule has 1 heterocycles. The summed E-state index contributed by atoms with van der Waals surface area (Å²) in [6.07, 6.45) is 0. The molecule has 0 radical (unpaired) electrons. The summed E-state index contributed by atoms with van der Waals surface area (Å²) in [6, 6.07) is 10.2. The van der Waals surface area contributed by atoms with Gasteiger partial charge in [0.25, 0.3) is 0 Å². The highest BCUT2D eigenvalue weighted by Gasteiger charge is 2.09. The number of para-hydroxylation sites is 1. The van der Waals surface area contributed by atoms with E-state index in [0.29, 0.717) is 11.1 Å². The number of halogens is 1. The lowest BCUT2D eigenvalue weighted by Gasteiger charge is -2.04. The zero-order valence-corrected chi connectivity index (χ0v) is 9.16. The maximum Gasteiger partial charge on any atom is 0.344 e. The highest BCUT2D eigenvalue weighted by Crippen LogP contribution is 2.24. The largest absolute Gasteiger partial charge is 0.422 e. The molecule has 0 aliphatic carbocycles. The van der Waals surface area contributed by atoms with Crippen LogP contribution in [-0.2, 0) is 0 Å². The van der Waals surface area contributed by atoms with Crippen LogP contribution in [0.3, 0.4) is 0 Å². The molecule has 0 spiro atoms. The molecule has 0 N–H and O–H groups in total. The van der Waals surface area contributed by atoms with Gasteiger partial charge in [-0.25, -0.2) is 9.18 Å². The van der Waals surface area contributed by atoms with E-state index in [9.17, 15) is 9.18 Å². The molecule has 0 fully saturated rings. The van der Waals surface area contributed by atoms with Crippen molar-refractivity contribution in [2.45, 2.75) is 6.92 Å². The predicted molar refractivity (Wildman–Crippen MR) is 64.7 cm³/mol. The van der Waals surface area contributed by atoms with Crippen molar-refractivity contribution in [1.29, 1.82) is 0 Å². The summed E-state index contributed by atoms with van der Waals surface area (Å²) in [5.74, 6) is -0.389. The third-order valence-electron chi connectivity index (χ3n) is 2.90. The number of fused-ring (bicyclic) bond motifs is 3. The summed E-state index contributed by atoms with van der Waals surface area (Å²) < 4.78 is 18.6. The number of rotatable bonds is 0. The summed E-state index contributed by atoms with van der Waals surface area (Å²) >= 11 is 0. The molecular weight excluding hydrogens is 219 g/mol. The molecule has 84 valence electrons. The predicted octanol–water partition coefficient (Wildman–Crippen LogP) is 3.39. The number of benzene rings is 2.